The van der Waals surface area contributed by atoms with Crippen molar-refractivity contribution < 1.29 is 23.7 Å². The number of nitrogens with zero attached hydrogens (tertiary/aromatic N) is 1. The second-order valence-electron chi connectivity index (χ2n) is 6.31. The van der Waals surface area contributed by atoms with E-state index in [4.69, 9.17) is 36.3 Å². The maximum atomic E-state index is 12.6. The number of halogens is 1. The van der Waals surface area contributed by atoms with E-state index in [0.29, 0.717) is 22.1 Å². The molecule has 28 heavy (non-hydrogen) atoms. The summed E-state index contributed by atoms with van der Waals surface area (Å²) in [5, 5.41) is 9.95. The summed E-state index contributed by atoms with van der Waals surface area (Å²) in [5.74, 6) is -0.438. The summed E-state index contributed by atoms with van der Waals surface area (Å²) in [5.41, 5.74) is 6.59. The van der Waals surface area contributed by atoms with Gasteiger partial charge < -0.3 is 24.7 Å². The Bertz CT molecular complexity index is 883. The summed E-state index contributed by atoms with van der Waals surface area (Å²) in [6, 6.07) is 5.24. The Hall–Kier alpha value is -2.85. The van der Waals surface area contributed by atoms with Crippen molar-refractivity contribution in [2.45, 2.75) is 39.7 Å². The second-order valence-corrected chi connectivity index (χ2v) is 6.71. The van der Waals surface area contributed by atoms with Crippen LogP contribution in [-0.4, -0.2) is 25.8 Å². The Morgan fingerprint density at radius 2 is 2.07 bits per heavy atom. The molecule has 0 fully saturated rings. The van der Waals surface area contributed by atoms with Gasteiger partial charge in [0.1, 0.15) is 17.4 Å². The van der Waals surface area contributed by atoms with Crippen LogP contribution in [0.2, 0.25) is 5.02 Å². The molecule has 8 heteroatoms. The molecule has 150 valence electrons. The van der Waals surface area contributed by atoms with E-state index in [0.717, 1.165) is 0 Å². The van der Waals surface area contributed by atoms with Crippen molar-refractivity contribution in [2.75, 3.05) is 13.7 Å². The van der Waals surface area contributed by atoms with E-state index in [9.17, 15) is 10.1 Å². The number of carbonyl (C=O) groups excluding carboxylic acids is 1. The predicted molar refractivity (Wildman–Crippen MR) is 104 cm³/mol. The lowest BCUT2D eigenvalue weighted by Crippen LogP contribution is -2.25. The molecule has 1 atom stereocenters. The molecule has 2 rings (SSSR count). The first-order chi connectivity index (χ1) is 13.2. The van der Waals surface area contributed by atoms with E-state index >= 15 is 0 Å². The Balaban J connectivity index is 2.70. The molecule has 1 aromatic carbocycles. The van der Waals surface area contributed by atoms with E-state index in [1.807, 2.05) is 19.9 Å². The highest BCUT2D eigenvalue weighted by molar-refractivity contribution is 6.31. The Labute approximate surface area is 169 Å². The van der Waals surface area contributed by atoms with Crippen molar-refractivity contribution >= 4 is 17.6 Å². The van der Waals surface area contributed by atoms with E-state index in [2.05, 4.69) is 0 Å². The minimum absolute atomic E-state index is 0.0649. The van der Waals surface area contributed by atoms with Gasteiger partial charge in [-0.2, -0.15) is 5.26 Å². The molecule has 0 aromatic heterocycles. The van der Waals surface area contributed by atoms with Crippen LogP contribution >= 0.6 is 11.6 Å². The van der Waals surface area contributed by atoms with E-state index in [1.165, 1.54) is 7.11 Å². The largest absolute Gasteiger partial charge is 0.493 e. The lowest BCUT2D eigenvalue weighted by atomic mass is 9.83. The van der Waals surface area contributed by atoms with Gasteiger partial charge >= 0.3 is 5.97 Å². The molecule has 1 aliphatic heterocycles. The molecule has 0 saturated heterocycles. The van der Waals surface area contributed by atoms with Gasteiger partial charge in [-0.25, -0.2) is 4.79 Å². The van der Waals surface area contributed by atoms with Crippen molar-refractivity contribution in [1.29, 1.82) is 5.26 Å². The minimum atomic E-state index is -0.854. The third-order valence-corrected chi connectivity index (χ3v) is 4.38. The second kappa shape index (κ2) is 8.89. The molecule has 1 aliphatic rings. The molecule has 0 saturated carbocycles. The van der Waals surface area contributed by atoms with Gasteiger partial charge in [0, 0.05) is 11.1 Å². The van der Waals surface area contributed by atoms with Crippen molar-refractivity contribution in [3.63, 3.8) is 0 Å². The van der Waals surface area contributed by atoms with Crippen LogP contribution < -0.4 is 15.2 Å². The zero-order valence-corrected chi connectivity index (χ0v) is 17.2. The van der Waals surface area contributed by atoms with Crippen LogP contribution in [0, 0.1) is 11.3 Å². The first-order valence-electron chi connectivity index (χ1n) is 8.74. The molecule has 2 N–H and O–H groups in total. The summed E-state index contributed by atoms with van der Waals surface area (Å²) in [4.78, 5) is 12.6. The third kappa shape index (κ3) is 4.18. The summed E-state index contributed by atoms with van der Waals surface area (Å²) in [6.45, 7) is 7.20. The number of methoxy groups -OCH3 is 1. The lowest BCUT2D eigenvalue weighted by molar-refractivity contribution is -0.139. The molecule has 1 unspecified atom stereocenters. The average Bonchev–Trinajstić information content (AvgIpc) is 2.61. The number of esters is 1. The van der Waals surface area contributed by atoms with Crippen LogP contribution in [0.3, 0.4) is 0 Å². The fourth-order valence-electron chi connectivity index (χ4n) is 2.94. The van der Waals surface area contributed by atoms with Gasteiger partial charge in [-0.3, -0.25) is 0 Å². The summed E-state index contributed by atoms with van der Waals surface area (Å²) >= 11 is 6.52. The van der Waals surface area contributed by atoms with Gasteiger partial charge in [0.2, 0.25) is 5.88 Å². The number of rotatable bonds is 6. The van der Waals surface area contributed by atoms with E-state index in [1.54, 1.807) is 26.0 Å². The Morgan fingerprint density at radius 1 is 1.39 bits per heavy atom. The van der Waals surface area contributed by atoms with Crippen molar-refractivity contribution in [1.82, 2.24) is 0 Å². The zero-order chi connectivity index (χ0) is 21.0. The van der Waals surface area contributed by atoms with Crippen LogP contribution in [0.4, 0.5) is 0 Å². The topological polar surface area (TPSA) is 104 Å². The van der Waals surface area contributed by atoms with Crippen LogP contribution in [0.25, 0.3) is 0 Å². The van der Waals surface area contributed by atoms with Crippen LogP contribution in [0.1, 0.15) is 39.2 Å². The SMILES string of the molecule is CCOC(=O)C1=C(C)OC(N)=C(C#N)C1c1cc(OC)c(OC(C)C)cc1Cl. The minimum Gasteiger partial charge on any atom is -0.493 e. The molecular weight excluding hydrogens is 384 g/mol. The summed E-state index contributed by atoms with van der Waals surface area (Å²) < 4.78 is 21.7. The van der Waals surface area contributed by atoms with Gasteiger partial charge in [-0.15, -0.1) is 0 Å². The van der Waals surface area contributed by atoms with Crippen molar-refractivity contribution in [2.24, 2.45) is 5.73 Å². The Kier molecular flexibility index (Phi) is 6.81. The highest BCUT2D eigenvalue weighted by Gasteiger charge is 2.38. The fraction of sp³-hybridized carbons (Fsp3) is 0.400. The lowest BCUT2D eigenvalue weighted by Gasteiger charge is -2.28. The predicted octanol–water partition coefficient (Wildman–Crippen LogP) is 3.78. The van der Waals surface area contributed by atoms with Crippen LogP contribution in [0.5, 0.6) is 11.5 Å². The van der Waals surface area contributed by atoms with E-state index in [-0.39, 0.29) is 35.5 Å². The summed E-state index contributed by atoms with van der Waals surface area (Å²) in [7, 11) is 1.49. The molecule has 7 nitrogen and oxygen atoms in total. The highest BCUT2D eigenvalue weighted by Crippen LogP contribution is 2.45. The molecule has 1 heterocycles. The Morgan fingerprint density at radius 3 is 2.61 bits per heavy atom. The van der Waals surface area contributed by atoms with Crippen molar-refractivity contribution in [3.8, 4) is 17.6 Å². The van der Waals surface area contributed by atoms with Crippen LogP contribution in [0.15, 0.2) is 34.9 Å². The van der Waals surface area contributed by atoms with Crippen molar-refractivity contribution in [3.05, 3.63) is 45.5 Å². The number of hydrogen-bond acceptors (Lipinski definition) is 7. The quantitative estimate of drug-likeness (QED) is 0.716. The van der Waals surface area contributed by atoms with Gasteiger partial charge in [-0.1, -0.05) is 11.6 Å². The maximum absolute atomic E-state index is 12.6. The monoisotopic (exact) mass is 406 g/mol. The number of ether oxygens (including phenoxy) is 4. The molecular formula is C20H23ClN2O5. The van der Waals surface area contributed by atoms with Gasteiger partial charge in [0.15, 0.2) is 11.5 Å². The first kappa shape index (κ1) is 21.5. The zero-order valence-electron chi connectivity index (χ0n) is 16.5. The molecule has 0 amide bonds. The normalized spacial score (nSPS) is 16.6. The molecule has 0 radical (unpaired) electrons. The number of nitriles is 1. The van der Waals surface area contributed by atoms with Crippen LogP contribution in [-0.2, 0) is 14.3 Å². The highest BCUT2D eigenvalue weighted by atomic mass is 35.5. The van der Waals surface area contributed by atoms with Gasteiger partial charge in [-0.05, 0) is 39.3 Å². The van der Waals surface area contributed by atoms with E-state index < -0.39 is 11.9 Å². The number of carbonyl (C=O) groups is 1. The number of benzene rings is 1. The fourth-order valence-corrected chi connectivity index (χ4v) is 3.21. The number of allylic oxidation sites excluding steroid dienone is 2. The van der Waals surface area contributed by atoms with Gasteiger partial charge in [0.25, 0.3) is 0 Å². The smallest absolute Gasteiger partial charge is 0.338 e. The molecule has 0 spiro atoms. The summed E-state index contributed by atoms with van der Waals surface area (Å²) in [6.07, 6.45) is -0.0960. The first-order valence-corrected chi connectivity index (χ1v) is 9.12. The number of hydrogen-bond donors (Lipinski definition) is 1. The van der Waals surface area contributed by atoms with Gasteiger partial charge in [0.05, 0.1) is 31.3 Å². The standard InChI is InChI=1S/C20H23ClN2O5/c1-6-26-20(24)17-11(4)28-19(23)13(9-22)18(17)12-7-15(25-5)16(8-14(12)21)27-10(2)3/h7-8,10,18H,6,23H2,1-5H3. The molecule has 0 bridgehead atoms. The molecule has 1 aromatic rings. The third-order valence-electron chi connectivity index (χ3n) is 4.06. The maximum Gasteiger partial charge on any atom is 0.338 e. The molecule has 0 aliphatic carbocycles. The number of nitrogens with two attached hydrogens (primary N) is 1. The average molecular weight is 407 g/mol.